The summed E-state index contributed by atoms with van der Waals surface area (Å²) in [6.45, 7) is 8.39. The van der Waals surface area contributed by atoms with E-state index in [1.807, 2.05) is 88.4 Å². The van der Waals surface area contributed by atoms with Crippen molar-refractivity contribution in [3.8, 4) is 0 Å². The van der Waals surface area contributed by atoms with E-state index in [0.29, 0.717) is 35.1 Å². The van der Waals surface area contributed by atoms with Gasteiger partial charge in [0, 0.05) is 47.5 Å². The summed E-state index contributed by atoms with van der Waals surface area (Å²) in [7, 11) is 0. The fourth-order valence-electron chi connectivity index (χ4n) is 4.60. The molecule has 0 heterocycles. The monoisotopic (exact) mass is 754 g/mol. The number of carbonyl (C=O) groups excluding carboxylic acids is 2. The molecule has 0 fully saturated rings. The summed E-state index contributed by atoms with van der Waals surface area (Å²) < 4.78 is 52.2. The van der Waals surface area contributed by atoms with E-state index >= 15 is 0 Å². The van der Waals surface area contributed by atoms with Gasteiger partial charge in [0.25, 0.3) is 11.8 Å². The maximum atomic E-state index is 13.4. The van der Waals surface area contributed by atoms with Crippen LogP contribution >= 0.6 is 0 Å². The molecule has 9 heteroatoms. The van der Waals surface area contributed by atoms with Gasteiger partial charge in [0.1, 0.15) is 0 Å². The Morgan fingerprint density at radius 2 is 0.981 bits per heavy atom. The van der Waals surface area contributed by atoms with Gasteiger partial charge in [0.15, 0.2) is 0 Å². The van der Waals surface area contributed by atoms with Crippen molar-refractivity contribution < 1.29 is 48.9 Å². The number of rotatable bonds is 8. The first-order valence-electron chi connectivity index (χ1n) is 16.8. The van der Waals surface area contributed by atoms with Gasteiger partial charge >= 0.3 is 21.7 Å². The molecule has 0 bridgehead atoms. The first-order valence-corrected chi connectivity index (χ1v) is 16.8. The smallest absolute Gasteiger partial charge is 0.353 e. The molecule has 0 atom stereocenters. The maximum Gasteiger partial charge on any atom is 4.00 e. The predicted octanol–water partition coefficient (Wildman–Crippen LogP) is 9.32. The van der Waals surface area contributed by atoms with E-state index in [4.69, 9.17) is 0 Å². The molecule has 6 rings (SSSR count). The Balaban J connectivity index is 0.000000285. The summed E-state index contributed by atoms with van der Waals surface area (Å²) >= 11 is 0. The van der Waals surface area contributed by atoms with Crippen LogP contribution in [-0.4, -0.2) is 24.9 Å². The van der Waals surface area contributed by atoms with E-state index in [2.05, 4.69) is 34.9 Å². The number of hydrogen-bond donors (Lipinski definition) is 2. The first-order chi connectivity index (χ1) is 24.9. The minimum Gasteiger partial charge on any atom is -0.353 e. The molecule has 0 aromatic heterocycles. The second-order valence-electron chi connectivity index (χ2n) is 11.9. The fourth-order valence-corrected chi connectivity index (χ4v) is 4.60. The number of aryl methyl sites for hydroxylation is 4. The molecule has 272 valence electrons. The van der Waals surface area contributed by atoms with E-state index < -0.39 is 23.3 Å². The molecular formula is C44H42F4N2O2Ti. The Morgan fingerprint density at radius 3 is 1.26 bits per heavy atom. The minimum atomic E-state index is -0.726. The number of allylic oxidation sites excluding steroid dienone is 8. The van der Waals surface area contributed by atoms with Crippen LogP contribution < -0.4 is 10.6 Å². The van der Waals surface area contributed by atoms with Crippen LogP contribution in [0.15, 0.2) is 97.1 Å². The van der Waals surface area contributed by atoms with Crippen LogP contribution in [0.2, 0.25) is 0 Å². The summed E-state index contributed by atoms with van der Waals surface area (Å²) in [6, 6.07) is 19.9. The molecular weight excluding hydrogens is 712 g/mol. The third-order valence-corrected chi connectivity index (χ3v) is 7.95. The van der Waals surface area contributed by atoms with Crippen LogP contribution in [0.4, 0.5) is 17.6 Å². The number of benzene rings is 4. The van der Waals surface area contributed by atoms with Gasteiger partial charge < -0.3 is 10.6 Å². The molecule has 2 amide bonds. The van der Waals surface area contributed by atoms with E-state index in [0.717, 1.165) is 47.2 Å². The molecule has 2 aliphatic rings. The molecule has 2 aliphatic carbocycles. The molecule has 2 N–H and O–H groups in total. The first kappa shape index (κ1) is 44.4. The third-order valence-electron chi connectivity index (χ3n) is 7.95. The molecule has 4 aromatic rings. The molecule has 53 heavy (non-hydrogen) atoms. The quantitative estimate of drug-likeness (QED) is 0.107. The minimum absolute atomic E-state index is 0. The average molecular weight is 755 g/mol. The van der Waals surface area contributed by atoms with E-state index in [9.17, 15) is 27.2 Å². The number of halogens is 4. The van der Waals surface area contributed by atoms with Gasteiger partial charge in [0.2, 0.25) is 0 Å². The van der Waals surface area contributed by atoms with Gasteiger partial charge in [-0.25, -0.2) is 41.9 Å². The van der Waals surface area contributed by atoms with Gasteiger partial charge in [-0.05, 0) is 74.2 Å². The van der Waals surface area contributed by atoms with Crippen LogP contribution in [0.1, 0.15) is 66.9 Å². The number of amides is 2. The Morgan fingerprint density at radius 1 is 0.585 bits per heavy atom. The van der Waals surface area contributed by atoms with Crippen molar-refractivity contribution in [1.82, 2.24) is 10.6 Å². The molecule has 4 aromatic carbocycles. The molecule has 0 aliphatic heterocycles. The Labute approximate surface area is 325 Å². The molecule has 0 saturated carbocycles. The van der Waals surface area contributed by atoms with Crippen LogP contribution in [0.3, 0.4) is 0 Å². The molecule has 0 radical (unpaired) electrons. The summed E-state index contributed by atoms with van der Waals surface area (Å²) in [5, 5.41) is 5.45. The van der Waals surface area contributed by atoms with Gasteiger partial charge in [-0.15, -0.1) is 48.2 Å². The zero-order valence-electron chi connectivity index (χ0n) is 30.3. The summed E-state index contributed by atoms with van der Waals surface area (Å²) in [5.41, 5.74) is 6.14. The SMILES string of the molecule is Cc1ccc(C(=O)NCCc2ccc(F)[c-]c2F)cc1C.Cc1ccc(C(=O)NCCc2ccc(F)[c-]c2F)cc1C.[C-]1=CC=CC1.[C-]1=CC=CC1.[Ti+4]. The molecule has 0 saturated heterocycles. The summed E-state index contributed by atoms with van der Waals surface area (Å²) in [6.07, 6.45) is 20.6. The topological polar surface area (TPSA) is 58.2 Å². The van der Waals surface area contributed by atoms with Gasteiger partial charge in [-0.3, -0.25) is 21.7 Å². The van der Waals surface area contributed by atoms with Crippen molar-refractivity contribution in [3.63, 3.8) is 0 Å². The van der Waals surface area contributed by atoms with Gasteiger partial charge in [-0.1, -0.05) is 25.0 Å². The van der Waals surface area contributed by atoms with Gasteiger partial charge in [0.05, 0.1) is 0 Å². The van der Waals surface area contributed by atoms with Crippen LogP contribution in [0.5, 0.6) is 0 Å². The van der Waals surface area contributed by atoms with Gasteiger partial charge in [-0.2, -0.15) is 24.3 Å². The normalized spacial score (nSPS) is 11.6. The van der Waals surface area contributed by atoms with Crippen LogP contribution in [0.25, 0.3) is 0 Å². The summed E-state index contributed by atoms with van der Waals surface area (Å²) in [5.74, 6) is -3.29. The Bertz CT molecular complexity index is 1780. The summed E-state index contributed by atoms with van der Waals surface area (Å²) in [4.78, 5) is 23.9. The molecule has 0 unspecified atom stereocenters. The second-order valence-corrected chi connectivity index (χ2v) is 11.9. The maximum absolute atomic E-state index is 13.4. The van der Waals surface area contributed by atoms with Crippen molar-refractivity contribution >= 4 is 11.8 Å². The van der Waals surface area contributed by atoms with Crippen molar-refractivity contribution in [1.29, 1.82) is 0 Å². The molecule has 0 spiro atoms. The predicted molar refractivity (Wildman–Crippen MR) is 197 cm³/mol. The standard InChI is InChI=1S/2C17H16F2NO.2C5H5.Ti/c2*1-11-3-4-14(9-12(11)2)17(21)20-8-7-13-5-6-15(18)10-16(13)19;2*1-2-4-5-3-1;/h2*3-6,9H,7-8H2,1-2H3,(H,20,21);2*1-3H,4H2;/q4*-1;+4. The number of carbonyl (C=O) groups is 2. The van der Waals surface area contributed by atoms with Crippen molar-refractivity contribution in [2.24, 2.45) is 0 Å². The third kappa shape index (κ3) is 16.2. The van der Waals surface area contributed by atoms with Crippen molar-refractivity contribution in [3.05, 3.63) is 189 Å². The zero-order chi connectivity index (χ0) is 37.9. The average Bonchev–Trinajstić information content (AvgIpc) is 3.90. The number of hydrogen-bond acceptors (Lipinski definition) is 2. The fraction of sp³-hybridized carbons (Fsp3) is 0.227. The Kier molecular flexibility index (Phi) is 19.9. The van der Waals surface area contributed by atoms with Crippen LogP contribution in [-0.2, 0) is 34.6 Å². The van der Waals surface area contributed by atoms with E-state index in [1.165, 1.54) is 12.1 Å². The number of nitrogens with one attached hydrogen (secondary N) is 2. The van der Waals surface area contributed by atoms with Crippen molar-refractivity contribution in [2.45, 2.75) is 53.4 Å². The zero-order valence-corrected chi connectivity index (χ0v) is 31.9. The van der Waals surface area contributed by atoms with Crippen LogP contribution in [0, 0.1) is 75.2 Å². The molecule has 4 nitrogen and oxygen atoms in total. The Hall–Kier alpha value is -4.79. The van der Waals surface area contributed by atoms with Crippen molar-refractivity contribution in [2.75, 3.05) is 13.1 Å². The second kappa shape index (κ2) is 23.7. The largest absolute Gasteiger partial charge is 4.00 e. The van der Waals surface area contributed by atoms with E-state index in [-0.39, 0.29) is 46.6 Å². The van der Waals surface area contributed by atoms with E-state index in [1.54, 1.807) is 12.1 Å².